The number of aliphatic hydroxyl groups excluding tert-OH is 1. The van der Waals surface area contributed by atoms with Crippen LogP contribution < -0.4 is 10.1 Å². The molecule has 1 fully saturated rings. The van der Waals surface area contributed by atoms with Gasteiger partial charge in [0.2, 0.25) is 15.9 Å². The van der Waals surface area contributed by atoms with Gasteiger partial charge in [-0.3, -0.25) is 4.79 Å². The van der Waals surface area contributed by atoms with Crippen LogP contribution in [0.25, 0.3) is 0 Å². The van der Waals surface area contributed by atoms with Crippen molar-refractivity contribution in [1.29, 1.82) is 0 Å². The molecule has 1 saturated heterocycles. The number of hydrogen-bond acceptors (Lipinski definition) is 5. The molecular weight excluding hydrogens is 332 g/mol. The van der Waals surface area contributed by atoms with Crippen LogP contribution >= 0.6 is 0 Å². The van der Waals surface area contributed by atoms with E-state index in [2.05, 4.69) is 5.32 Å². The van der Waals surface area contributed by atoms with Gasteiger partial charge >= 0.3 is 0 Å². The maximum atomic E-state index is 12.8. The molecule has 0 bridgehead atoms. The zero-order valence-electron chi connectivity index (χ0n) is 14.0. The predicted octanol–water partition coefficient (Wildman–Crippen LogP) is 0.513. The third-order valence-electron chi connectivity index (χ3n) is 4.17. The van der Waals surface area contributed by atoms with E-state index in [0.29, 0.717) is 25.1 Å². The van der Waals surface area contributed by atoms with E-state index >= 15 is 0 Å². The zero-order chi connectivity index (χ0) is 17.7. The summed E-state index contributed by atoms with van der Waals surface area (Å²) >= 11 is 0. The molecule has 24 heavy (non-hydrogen) atoms. The Morgan fingerprint density at radius 3 is 2.83 bits per heavy atom. The molecule has 0 radical (unpaired) electrons. The first-order valence-electron chi connectivity index (χ1n) is 7.93. The highest BCUT2D eigenvalue weighted by Crippen LogP contribution is 2.27. The second-order valence-corrected chi connectivity index (χ2v) is 7.79. The fraction of sp³-hybridized carbons (Fsp3) is 0.562. The first kappa shape index (κ1) is 18.7. The minimum atomic E-state index is -3.65. The van der Waals surface area contributed by atoms with Gasteiger partial charge in [-0.2, -0.15) is 4.31 Å². The van der Waals surface area contributed by atoms with E-state index < -0.39 is 10.0 Å². The highest BCUT2D eigenvalue weighted by atomic mass is 32.2. The minimum absolute atomic E-state index is 0.133. The zero-order valence-corrected chi connectivity index (χ0v) is 14.8. The second-order valence-electron chi connectivity index (χ2n) is 5.85. The molecule has 0 aliphatic carbocycles. The molecule has 1 aliphatic heterocycles. The van der Waals surface area contributed by atoms with E-state index in [1.54, 1.807) is 19.1 Å². The summed E-state index contributed by atoms with van der Waals surface area (Å²) in [4.78, 5) is 12.2. The van der Waals surface area contributed by atoms with Crippen molar-refractivity contribution in [2.24, 2.45) is 5.92 Å². The molecule has 1 aromatic carbocycles. The monoisotopic (exact) mass is 356 g/mol. The first-order valence-corrected chi connectivity index (χ1v) is 9.37. The second kappa shape index (κ2) is 7.96. The number of carbonyl (C=O) groups is 1. The van der Waals surface area contributed by atoms with E-state index in [-0.39, 0.29) is 36.4 Å². The van der Waals surface area contributed by atoms with Gasteiger partial charge in [0.15, 0.2) is 0 Å². The predicted molar refractivity (Wildman–Crippen MR) is 89.3 cm³/mol. The lowest BCUT2D eigenvalue weighted by Gasteiger charge is -2.31. The molecule has 0 spiro atoms. The lowest BCUT2D eigenvalue weighted by Crippen LogP contribution is -2.45. The largest absolute Gasteiger partial charge is 0.496 e. The maximum Gasteiger partial charge on any atom is 0.243 e. The molecule has 1 aliphatic rings. The SMILES string of the molecule is COc1ccc(S(=O)(=O)N2CCC[C@@H](C(=O)NCCO)C2)cc1C. The summed E-state index contributed by atoms with van der Waals surface area (Å²) in [6.45, 7) is 2.40. The molecule has 2 rings (SSSR count). The lowest BCUT2D eigenvalue weighted by atomic mass is 9.99. The lowest BCUT2D eigenvalue weighted by molar-refractivity contribution is -0.126. The summed E-state index contributed by atoms with van der Waals surface area (Å²) in [5.74, 6) is 0.0307. The number of sulfonamides is 1. The standard InChI is InChI=1S/C16H24N2O5S/c1-12-10-14(5-6-15(12)23-2)24(21,22)18-8-3-4-13(11-18)16(20)17-7-9-19/h5-6,10,13,19H,3-4,7-9,11H2,1-2H3,(H,17,20)/t13-/m1/s1. The van der Waals surface area contributed by atoms with Gasteiger partial charge in [0.1, 0.15) is 5.75 Å². The van der Waals surface area contributed by atoms with Crippen LogP contribution in [-0.4, -0.2) is 57.1 Å². The topological polar surface area (TPSA) is 95.9 Å². The smallest absolute Gasteiger partial charge is 0.243 e. The highest BCUT2D eigenvalue weighted by molar-refractivity contribution is 7.89. The number of carbonyl (C=O) groups excluding carboxylic acids is 1. The van der Waals surface area contributed by atoms with E-state index in [0.717, 1.165) is 5.56 Å². The van der Waals surface area contributed by atoms with Crippen molar-refractivity contribution in [2.45, 2.75) is 24.7 Å². The van der Waals surface area contributed by atoms with Crippen LogP contribution in [0, 0.1) is 12.8 Å². The minimum Gasteiger partial charge on any atom is -0.496 e. The molecule has 1 aromatic rings. The molecule has 8 heteroatoms. The molecule has 7 nitrogen and oxygen atoms in total. The Kier molecular flexibility index (Phi) is 6.20. The Hall–Kier alpha value is -1.64. The molecule has 0 aromatic heterocycles. The van der Waals surface area contributed by atoms with Gasteiger partial charge in [0.05, 0.1) is 24.5 Å². The van der Waals surface area contributed by atoms with E-state index in [1.165, 1.54) is 17.5 Å². The number of ether oxygens (including phenoxy) is 1. The normalized spacial score (nSPS) is 19.0. The van der Waals surface area contributed by atoms with Crippen LogP contribution in [0.4, 0.5) is 0 Å². The van der Waals surface area contributed by atoms with Crippen molar-refractivity contribution in [3.63, 3.8) is 0 Å². The van der Waals surface area contributed by atoms with Crippen molar-refractivity contribution >= 4 is 15.9 Å². The van der Waals surface area contributed by atoms with Gasteiger partial charge in [-0.1, -0.05) is 0 Å². The summed E-state index contributed by atoms with van der Waals surface area (Å²) < 4.78 is 32.2. The number of aryl methyl sites for hydroxylation is 1. The molecule has 1 amide bonds. The van der Waals surface area contributed by atoms with Gasteiger partial charge in [-0.15, -0.1) is 0 Å². The maximum absolute atomic E-state index is 12.8. The quantitative estimate of drug-likeness (QED) is 0.774. The molecule has 2 N–H and O–H groups in total. The first-order chi connectivity index (χ1) is 11.4. The summed E-state index contributed by atoms with van der Waals surface area (Å²) in [6.07, 6.45) is 1.27. The van der Waals surface area contributed by atoms with E-state index in [1.807, 2.05) is 0 Å². The van der Waals surface area contributed by atoms with Crippen LogP contribution in [0.1, 0.15) is 18.4 Å². The summed E-state index contributed by atoms with van der Waals surface area (Å²) in [5.41, 5.74) is 0.743. The molecular formula is C16H24N2O5S. The summed E-state index contributed by atoms with van der Waals surface area (Å²) in [5, 5.41) is 11.4. The highest BCUT2D eigenvalue weighted by Gasteiger charge is 2.33. The van der Waals surface area contributed by atoms with Gasteiger partial charge in [-0.25, -0.2) is 8.42 Å². The fourth-order valence-electron chi connectivity index (χ4n) is 2.86. The van der Waals surface area contributed by atoms with Crippen LogP contribution in [0.15, 0.2) is 23.1 Å². The Morgan fingerprint density at radius 2 is 2.21 bits per heavy atom. The van der Waals surface area contributed by atoms with Crippen LogP contribution in [-0.2, 0) is 14.8 Å². The van der Waals surface area contributed by atoms with Gasteiger partial charge in [0, 0.05) is 19.6 Å². The average Bonchev–Trinajstić information content (AvgIpc) is 2.59. The van der Waals surface area contributed by atoms with Crippen molar-refractivity contribution in [3.05, 3.63) is 23.8 Å². The van der Waals surface area contributed by atoms with Crippen molar-refractivity contribution in [3.8, 4) is 5.75 Å². The molecule has 0 unspecified atom stereocenters. The van der Waals surface area contributed by atoms with Gasteiger partial charge in [-0.05, 0) is 43.5 Å². The van der Waals surface area contributed by atoms with Crippen molar-refractivity contribution in [2.75, 3.05) is 33.4 Å². The van der Waals surface area contributed by atoms with Gasteiger partial charge < -0.3 is 15.2 Å². The number of rotatable bonds is 6. The van der Waals surface area contributed by atoms with Crippen LogP contribution in [0.2, 0.25) is 0 Å². The third kappa shape index (κ3) is 4.06. The molecule has 0 saturated carbocycles. The molecule has 1 atom stereocenters. The number of benzene rings is 1. The number of amides is 1. The number of aliphatic hydroxyl groups is 1. The van der Waals surface area contributed by atoms with Crippen molar-refractivity contribution in [1.82, 2.24) is 9.62 Å². The Bertz CT molecular complexity index is 690. The Balaban J connectivity index is 2.16. The van der Waals surface area contributed by atoms with Gasteiger partial charge in [0.25, 0.3) is 0 Å². The fourth-order valence-corrected chi connectivity index (χ4v) is 4.47. The van der Waals surface area contributed by atoms with E-state index in [4.69, 9.17) is 9.84 Å². The van der Waals surface area contributed by atoms with Crippen LogP contribution in [0.3, 0.4) is 0 Å². The third-order valence-corrected chi connectivity index (χ3v) is 6.03. The summed E-state index contributed by atoms with van der Waals surface area (Å²) in [6, 6.07) is 4.75. The Labute approximate surface area is 142 Å². The number of hydrogen-bond donors (Lipinski definition) is 2. The number of piperidine rings is 1. The van der Waals surface area contributed by atoms with Crippen molar-refractivity contribution < 1.29 is 23.1 Å². The summed E-state index contributed by atoms with van der Waals surface area (Å²) in [7, 11) is -2.11. The number of methoxy groups -OCH3 is 1. The number of nitrogens with zero attached hydrogens (tertiary/aromatic N) is 1. The molecule has 1 heterocycles. The average molecular weight is 356 g/mol. The molecule has 134 valence electrons. The number of nitrogens with one attached hydrogen (secondary N) is 1. The van der Waals surface area contributed by atoms with E-state index in [9.17, 15) is 13.2 Å². The Morgan fingerprint density at radius 1 is 1.46 bits per heavy atom. The van der Waals surface area contributed by atoms with Crippen LogP contribution in [0.5, 0.6) is 5.75 Å².